The third-order valence-electron chi connectivity index (χ3n) is 2.01. The first kappa shape index (κ1) is 13.2. The van der Waals surface area contributed by atoms with E-state index >= 15 is 0 Å². The predicted molar refractivity (Wildman–Crippen MR) is 59.1 cm³/mol. The molecule has 0 aliphatic heterocycles. The van der Waals surface area contributed by atoms with Crippen molar-refractivity contribution in [2.24, 2.45) is 5.92 Å². The highest BCUT2D eigenvalue weighted by atomic mass is 16.5. The van der Waals surface area contributed by atoms with E-state index < -0.39 is 0 Å². The maximum atomic E-state index is 10.8. The van der Waals surface area contributed by atoms with Crippen LogP contribution in [0.3, 0.4) is 0 Å². The Hall–Kier alpha value is -0.790. The van der Waals surface area contributed by atoms with Crippen molar-refractivity contribution in [1.82, 2.24) is 0 Å². The van der Waals surface area contributed by atoms with Crippen molar-refractivity contribution in [3.8, 4) is 0 Å². The summed E-state index contributed by atoms with van der Waals surface area (Å²) >= 11 is 0. The van der Waals surface area contributed by atoms with Crippen LogP contribution in [0.15, 0.2) is 12.2 Å². The topological polar surface area (TPSA) is 26.3 Å². The maximum absolute atomic E-state index is 10.8. The average Bonchev–Trinajstić information content (AvgIpc) is 2.09. The van der Waals surface area contributed by atoms with Gasteiger partial charge < -0.3 is 4.74 Å². The Morgan fingerprint density at radius 3 is 2.50 bits per heavy atom. The Morgan fingerprint density at radius 2 is 2.07 bits per heavy atom. The standard InChI is InChI=1S/C12H22O2/c1-5-6-7-8-9-12(10(2)3)14-11(4)13/h8-10,12H,5-7H2,1-4H3/b9-8+/t12-/m0/s1. The summed E-state index contributed by atoms with van der Waals surface area (Å²) < 4.78 is 5.17. The quantitative estimate of drug-likeness (QED) is 0.372. The fraction of sp³-hybridized carbons (Fsp3) is 0.750. The van der Waals surface area contributed by atoms with E-state index in [1.807, 2.05) is 6.08 Å². The van der Waals surface area contributed by atoms with Crippen molar-refractivity contribution in [3.63, 3.8) is 0 Å². The molecule has 14 heavy (non-hydrogen) atoms. The summed E-state index contributed by atoms with van der Waals surface area (Å²) in [5.74, 6) is 0.139. The molecule has 2 heteroatoms. The van der Waals surface area contributed by atoms with Gasteiger partial charge in [-0.15, -0.1) is 0 Å². The van der Waals surface area contributed by atoms with Gasteiger partial charge in [0, 0.05) is 6.92 Å². The molecule has 0 heterocycles. The largest absolute Gasteiger partial charge is 0.458 e. The van der Waals surface area contributed by atoms with E-state index in [0.29, 0.717) is 5.92 Å². The molecule has 0 unspecified atom stereocenters. The van der Waals surface area contributed by atoms with E-state index in [-0.39, 0.29) is 12.1 Å². The molecule has 82 valence electrons. The van der Waals surface area contributed by atoms with Crippen molar-refractivity contribution in [2.75, 3.05) is 0 Å². The molecule has 0 rings (SSSR count). The second-order valence-electron chi connectivity index (χ2n) is 3.89. The molecule has 0 aromatic heterocycles. The summed E-state index contributed by atoms with van der Waals surface area (Å²) in [5, 5.41) is 0. The molecule has 1 atom stereocenters. The third-order valence-corrected chi connectivity index (χ3v) is 2.01. The van der Waals surface area contributed by atoms with Crippen LogP contribution in [-0.4, -0.2) is 12.1 Å². The number of hydrogen-bond donors (Lipinski definition) is 0. The number of ether oxygens (including phenoxy) is 1. The molecule has 0 aliphatic carbocycles. The summed E-state index contributed by atoms with van der Waals surface area (Å²) in [6, 6.07) is 0. The molecule has 0 radical (unpaired) electrons. The van der Waals surface area contributed by atoms with Gasteiger partial charge in [-0.1, -0.05) is 39.7 Å². The molecule has 0 amide bonds. The first-order valence-electron chi connectivity index (χ1n) is 5.41. The molecule has 0 saturated carbocycles. The lowest BCUT2D eigenvalue weighted by Crippen LogP contribution is -2.19. The molecule has 0 aliphatic rings. The number of unbranched alkanes of at least 4 members (excludes halogenated alkanes) is 2. The van der Waals surface area contributed by atoms with Crippen LogP contribution in [0.5, 0.6) is 0 Å². The van der Waals surface area contributed by atoms with Gasteiger partial charge in [-0.2, -0.15) is 0 Å². The first-order valence-corrected chi connectivity index (χ1v) is 5.41. The van der Waals surface area contributed by atoms with Gasteiger partial charge in [0.1, 0.15) is 6.10 Å². The summed E-state index contributed by atoms with van der Waals surface area (Å²) in [6.45, 7) is 7.73. The van der Waals surface area contributed by atoms with Gasteiger partial charge in [0.15, 0.2) is 0 Å². The lowest BCUT2D eigenvalue weighted by molar-refractivity contribution is -0.145. The molecule has 0 bridgehead atoms. The van der Waals surface area contributed by atoms with Crippen molar-refractivity contribution in [1.29, 1.82) is 0 Å². The molecule has 0 N–H and O–H groups in total. The van der Waals surface area contributed by atoms with Crippen LogP contribution in [-0.2, 0) is 9.53 Å². The van der Waals surface area contributed by atoms with Crippen LogP contribution in [0.25, 0.3) is 0 Å². The van der Waals surface area contributed by atoms with E-state index in [2.05, 4.69) is 26.8 Å². The van der Waals surface area contributed by atoms with Gasteiger partial charge in [-0.05, 0) is 18.4 Å². The van der Waals surface area contributed by atoms with Crippen molar-refractivity contribution >= 4 is 5.97 Å². The highest BCUT2D eigenvalue weighted by Gasteiger charge is 2.11. The highest BCUT2D eigenvalue weighted by molar-refractivity contribution is 5.66. The van der Waals surface area contributed by atoms with Gasteiger partial charge in [0.2, 0.25) is 0 Å². The number of esters is 1. The Kier molecular flexibility index (Phi) is 7.17. The van der Waals surface area contributed by atoms with Crippen LogP contribution in [0, 0.1) is 5.92 Å². The van der Waals surface area contributed by atoms with Crippen molar-refractivity contribution in [2.45, 2.75) is 53.1 Å². The summed E-state index contributed by atoms with van der Waals surface area (Å²) in [5.41, 5.74) is 0. The second-order valence-corrected chi connectivity index (χ2v) is 3.89. The Balaban J connectivity index is 3.95. The molecule has 0 aromatic rings. The molecular formula is C12H22O2. The number of allylic oxidation sites excluding steroid dienone is 1. The van der Waals surface area contributed by atoms with E-state index in [9.17, 15) is 4.79 Å². The second kappa shape index (κ2) is 7.60. The van der Waals surface area contributed by atoms with Gasteiger partial charge in [-0.25, -0.2) is 0 Å². The lowest BCUT2D eigenvalue weighted by Gasteiger charge is -2.16. The summed E-state index contributed by atoms with van der Waals surface area (Å²) in [7, 11) is 0. The molecule has 0 saturated heterocycles. The Morgan fingerprint density at radius 1 is 1.43 bits per heavy atom. The minimum absolute atomic E-state index is 0.0654. The van der Waals surface area contributed by atoms with E-state index in [4.69, 9.17) is 4.74 Å². The molecule has 2 nitrogen and oxygen atoms in total. The van der Waals surface area contributed by atoms with E-state index in [1.54, 1.807) is 0 Å². The van der Waals surface area contributed by atoms with Crippen molar-refractivity contribution < 1.29 is 9.53 Å². The fourth-order valence-electron chi connectivity index (χ4n) is 1.14. The Bertz CT molecular complexity index is 183. The molecule has 0 spiro atoms. The van der Waals surface area contributed by atoms with Crippen LogP contribution >= 0.6 is 0 Å². The molecule has 0 aromatic carbocycles. The smallest absolute Gasteiger partial charge is 0.303 e. The van der Waals surface area contributed by atoms with Crippen LogP contribution in [0.4, 0.5) is 0 Å². The lowest BCUT2D eigenvalue weighted by atomic mass is 10.1. The first-order chi connectivity index (χ1) is 6.57. The van der Waals surface area contributed by atoms with E-state index in [1.165, 1.54) is 19.8 Å². The average molecular weight is 198 g/mol. The maximum Gasteiger partial charge on any atom is 0.303 e. The van der Waals surface area contributed by atoms with Gasteiger partial charge in [-0.3, -0.25) is 4.79 Å². The Labute approximate surface area is 87.3 Å². The van der Waals surface area contributed by atoms with Gasteiger partial charge in [0.25, 0.3) is 0 Å². The minimum Gasteiger partial charge on any atom is -0.458 e. The number of carbonyl (C=O) groups is 1. The summed E-state index contributed by atoms with van der Waals surface area (Å²) in [4.78, 5) is 10.8. The third kappa shape index (κ3) is 6.70. The zero-order chi connectivity index (χ0) is 11.0. The molecular weight excluding hydrogens is 176 g/mol. The SMILES string of the molecule is CCCC/C=C/[C@H](OC(C)=O)C(C)C. The number of rotatable bonds is 6. The molecule has 0 fully saturated rings. The normalized spacial score (nSPS) is 13.5. The fourth-order valence-corrected chi connectivity index (χ4v) is 1.14. The van der Waals surface area contributed by atoms with Gasteiger partial charge in [0.05, 0.1) is 0 Å². The van der Waals surface area contributed by atoms with Crippen LogP contribution in [0.2, 0.25) is 0 Å². The summed E-state index contributed by atoms with van der Waals surface area (Å²) in [6.07, 6.45) is 7.51. The van der Waals surface area contributed by atoms with Gasteiger partial charge >= 0.3 is 5.97 Å². The minimum atomic E-state index is -0.205. The van der Waals surface area contributed by atoms with Crippen LogP contribution in [0.1, 0.15) is 47.0 Å². The monoisotopic (exact) mass is 198 g/mol. The van der Waals surface area contributed by atoms with Crippen molar-refractivity contribution in [3.05, 3.63) is 12.2 Å². The van der Waals surface area contributed by atoms with Crippen LogP contribution < -0.4 is 0 Å². The highest BCUT2D eigenvalue weighted by Crippen LogP contribution is 2.09. The zero-order valence-electron chi connectivity index (χ0n) is 9.75. The van der Waals surface area contributed by atoms with E-state index in [0.717, 1.165) is 6.42 Å². The zero-order valence-corrected chi connectivity index (χ0v) is 9.75. The number of hydrogen-bond acceptors (Lipinski definition) is 2. The number of carbonyl (C=O) groups excluding carboxylic acids is 1. The predicted octanol–water partition coefficient (Wildman–Crippen LogP) is 3.32.